The molecule has 0 aliphatic rings. The zero-order valence-electron chi connectivity index (χ0n) is 8.82. The third-order valence-electron chi connectivity index (χ3n) is 2.04. The Morgan fingerprint density at radius 3 is 2.87 bits per heavy atom. The zero-order chi connectivity index (χ0) is 11.1. The van der Waals surface area contributed by atoms with Gasteiger partial charge in [-0.15, -0.1) is 0 Å². The van der Waals surface area contributed by atoms with Crippen LogP contribution in [0.2, 0.25) is 0 Å². The monoisotopic (exact) mass is 208 g/mol. The SMILES string of the molecule is CNCCOCc1ccccc1C(N)=O. The Balaban J connectivity index is 2.56. The van der Waals surface area contributed by atoms with Crippen LogP contribution in [0.25, 0.3) is 0 Å². The quantitative estimate of drug-likeness (QED) is 0.670. The van der Waals surface area contributed by atoms with Gasteiger partial charge in [-0.05, 0) is 18.7 Å². The number of nitrogens with two attached hydrogens (primary N) is 1. The number of primary amides is 1. The summed E-state index contributed by atoms with van der Waals surface area (Å²) in [7, 11) is 1.86. The fraction of sp³-hybridized carbons (Fsp3) is 0.364. The van der Waals surface area contributed by atoms with Crippen LogP contribution in [0.5, 0.6) is 0 Å². The summed E-state index contributed by atoms with van der Waals surface area (Å²) in [6.07, 6.45) is 0. The number of likely N-dealkylation sites (N-methyl/N-ethyl adjacent to an activating group) is 1. The maximum Gasteiger partial charge on any atom is 0.249 e. The van der Waals surface area contributed by atoms with Gasteiger partial charge in [-0.3, -0.25) is 4.79 Å². The summed E-state index contributed by atoms with van der Waals surface area (Å²) in [6.45, 7) is 1.82. The minimum absolute atomic E-state index is 0.414. The minimum Gasteiger partial charge on any atom is -0.375 e. The molecule has 1 aromatic carbocycles. The molecule has 0 spiro atoms. The van der Waals surface area contributed by atoms with Crippen LogP contribution >= 0.6 is 0 Å². The average molecular weight is 208 g/mol. The van der Waals surface area contributed by atoms with E-state index in [2.05, 4.69) is 5.32 Å². The number of benzene rings is 1. The number of hydrogen-bond donors (Lipinski definition) is 2. The topological polar surface area (TPSA) is 64.3 Å². The molecule has 1 aromatic rings. The summed E-state index contributed by atoms with van der Waals surface area (Å²) >= 11 is 0. The normalized spacial score (nSPS) is 10.2. The van der Waals surface area contributed by atoms with Gasteiger partial charge in [0.15, 0.2) is 0 Å². The molecule has 0 bridgehead atoms. The van der Waals surface area contributed by atoms with Gasteiger partial charge in [-0.25, -0.2) is 0 Å². The summed E-state index contributed by atoms with van der Waals surface area (Å²) < 4.78 is 5.38. The predicted molar refractivity (Wildman–Crippen MR) is 58.5 cm³/mol. The maximum absolute atomic E-state index is 11.1. The van der Waals surface area contributed by atoms with Crippen LogP contribution in [0.15, 0.2) is 24.3 Å². The molecule has 0 saturated heterocycles. The molecule has 15 heavy (non-hydrogen) atoms. The van der Waals surface area contributed by atoms with Crippen molar-refractivity contribution < 1.29 is 9.53 Å². The lowest BCUT2D eigenvalue weighted by Crippen LogP contribution is -2.16. The number of carbonyl (C=O) groups excluding carboxylic acids is 1. The van der Waals surface area contributed by atoms with Crippen molar-refractivity contribution in [2.45, 2.75) is 6.61 Å². The van der Waals surface area contributed by atoms with Crippen molar-refractivity contribution in [3.63, 3.8) is 0 Å². The minimum atomic E-state index is -0.414. The molecule has 0 atom stereocenters. The van der Waals surface area contributed by atoms with Crippen molar-refractivity contribution in [3.05, 3.63) is 35.4 Å². The number of nitrogens with one attached hydrogen (secondary N) is 1. The average Bonchev–Trinajstić information content (AvgIpc) is 2.25. The standard InChI is InChI=1S/C11H16N2O2/c1-13-6-7-15-8-9-4-2-3-5-10(9)11(12)14/h2-5,13H,6-8H2,1H3,(H2,12,14). The van der Waals surface area contributed by atoms with E-state index < -0.39 is 5.91 Å². The van der Waals surface area contributed by atoms with Gasteiger partial charge >= 0.3 is 0 Å². The van der Waals surface area contributed by atoms with E-state index in [-0.39, 0.29) is 0 Å². The van der Waals surface area contributed by atoms with E-state index in [4.69, 9.17) is 10.5 Å². The van der Waals surface area contributed by atoms with Crippen molar-refractivity contribution in [3.8, 4) is 0 Å². The summed E-state index contributed by atoms with van der Waals surface area (Å²) in [6, 6.07) is 7.21. The van der Waals surface area contributed by atoms with E-state index in [1.807, 2.05) is 19.2 Å². The van der Waals surface area contributed by atoms with Gasteiger partial charge < -0.3 is 15.8 Å². The second-order valence-corrected chi connectivity index (χ2v) is 3.18. The van der Waals surface area contributed by atoms with E-state index in [9.17, 15) is 4.79 Å². The summed E-state index contributed by atoms with van der Waals surface area (Å²) in [5.41, 5.74) is 6.60. The highest BCUT2D eigenvalue weighted by Gasteiger charge is 2.06. The summed E-state index contributed by atoms with van der Waals surface area (Å²) in [5, 5.41) is 2.97. The Morgan fingerprint density at radius 2 is 2.20 bits per heavy atom. The molecule has 0 aliphatic heterocycles. The third-order valence-corrected chi connectivity index (χ3v) is 2.04. The first-order valence-corrected chi connectivity index (χ1v) is 4.85. The predicted octanol–water partition coefficient (Wildman–Crippen LogP) is 0.521. The molecule has 0 fully saturated rings. The second-order valence-electron chi connectivity index (χ2n) is 3.18. The van der Waals surface area contributed by atoms with E-state index in [1.54, 1.807) is 12.1 Å². The highest BCUT2D eigenvalue weighted by atomic mass is 16.5. The summed E-state index contributed by atoms with van der Waals surface area (Å²) in [5.74, 6) is -0.414. The van der Waals surface area contributed by atoms with Gasteiger partial charge in [0.05, 0.1) is 13.2 Å². The Hall–Kier alpha value is -1.39. The lowest BCUT2D eigenvalue weighted by atomic mass is 10.1. The van der Waals surface area contributed by atoms with Gasteiger partial charge in [0.1, 0.15) is 0 Å². The molecule has 1 rings (SSSR count). The van der Waals surface area contributed by atoms with Crippen molar-refractivity contribution in [2.24, 2.45) is 5.73 Å². The molecule has 82 valence electrons. The van der Waals surface area contributed by atoms with E-state index in [0.29, 0.717) is 18.8 Å². The van der Waals surface area contributed by atoms with Crippen LogP contribution in [0.4, 0.5) is 0 Å². The molecule has 0 aromatic heterocycles. The van der Waals surface area contributed by atoms with Crippen LogP contribution in [-0.2, 0) is 11.3 Å². The molecule has 4 heteroatoms. The Morgan fingerprint density at radius 1 is 1.47 bits per heavy atom. The van der Waals surface area contributed by atoms with Crippen molar-refractivity contribution >= 4 is 5.91 Å². The molecule has 0 aliphatic carbocycles. The highest BCUT2D eigenvalue weighted by Crippen LogP contribution is 2.08. The summed E-state index contributed by atoms with van der Waals surface area (Å²) in [4.78, 5) is 11.1. The molecule has 1 amide bonds. The smallest absolute Gasteiger partial charge is 0.249 e. The van der Waals surface area contributed by atoms with Crippen LogP contribution in [0.3, 0.4) is 0 Å². The van der Waals surface area contributed by atoms with E-state index in [0.717, 1.165) is 12.1 Å². The lowest BCUT2D eigenvalue weighted by Gasteiger charge is -2.07. The zero-order valence-corrected chi connectivity index (χ0v) is 8.82. The molecule has 0 saturated carbocycles. The molecular formula is C11H16N2O2. The fourth-order valence-electron chi connectivity index (χ4n) is 1.24. The van der Waals surface area contributed by atoms with E-state index >= 15 is 0 Å². The molecule has 3 N–H and O–H groups in total. The first kappa shape index (κ1) is 11.7. The number of amides is 1. The largest absolute Gasteiger partial charge is 0.375 e. The number of rotatable bonds is 6. The fourth-order valence-corrected chi connectivity index (χ4v) is 1.24. The van der Waals surface area contributed by atoms with Gasteiger partial charge in [0, 0.05) is 12.1 Å². The lowest BCUT2D eigenvalue weighted by molar-refractivity contribution is 0.0986. The van der Waals surface area contributed by atoms with Crippen LogP contribution in [0.1, 0.15) is 15.9 Å². The molecule has 0 heterocycles. The molecule has 0 radical (unpaired) electrons. The number of ether oxygens (including phenoxy) is 1. The Kier molecular flexibility index (Phi) is 4.80. The number of hydrogen-bond acceptors (Lipinski definition) is 3. The Labute approximate surface area is 89.4 Å². The van der Waals surface area contributed by atoms with Crippen molar-refractivity contribution in [1.29, 1.82) is 0 Å². The van der Waals surface area contributed by atoms with Gasteiger partial charge in [0.25, 0.3) is 0 Å². The van der Waals surface area contributed by atoms with Crippen molar-refractivity contribution in [2.75, 3.05) is 20.2 Å². The van der Waals surface area contributed by atoms with Gasteiger partial charge in [-0.2, -0.15) is 0 Å². The van der Waals surface area contributed by atoms with E-state index in [1.165, 1.54) is 0 Å². The second kappa shape index (κ2) is 6.16. The molecular weight excluding hydrogens is 192 g/mol. The number of carbonyl (C=O) groups is 1. The first-order valence-electron chi connectivity index (χ1n) is 4.85. The first-order chi connectivity index (χ1) is 7.25. The highest BCUT2D eigenvalue weighted by molar-refractivity contribution is 5.94. The Bertz CT molecular complexity index is 326. The third kappa shape index (κ3) is 3.69. The van der Waals surface area contributed by atoms with Crippen molar-refractivity contribution in [1.82, 2.24) is 5.32 Å². The van der Waals surface area contributed by atoms with Crippen LogP contribution in [0, 0.1) is 0 Å². The van der Waals surface area contributed by atoms with Crippen LogP contribution < -0.4 is 11.1 Å². The maximum atomic E-state index is 11.1. The van der Waals surface area contributed by atoms with Crippen LogP contribution in [-0.4, -0.2) is 26.1 Å². The van der Waals surface area contributed by atoms with Gasteiger partial charge in [0.2, 0.25) is 5.91 Å². The molecule has 0 unspecified atom stereocenters. The van der Waals surface area contributed by atoms with Gasteiger partial charge in [-0.1, -0.05) is 18.2 Å². The molecule has 4 nitrogen and oxygen atoms in total.